The Morgan fingerprint density at radius 3 is 2.86 bits per heavy atom. The number of rotatable bonds is 5. The molecule has 2 atom stereocenters. The number of aliphatic hydroxyl groups is 1. The van der Waals surface area contributed by atoms with E-state index in [0.29, 0.717) is 17.6 Å². The molecule has 0 amide bonds. The van der Waals surface area contributed by atoms with Gasteiger partial charge in [-0.25, -0.2) is 0 Å². The van der Waals surface area contributed by atoms with Gasteiger partial charge >= 0.3 is 0 Å². The number of halogens is 1. The molecule has 1 aromatic carbocycles. The van der Waals surface area contributed by atoms with Gasteiger partial charge in [-0.15, -0.1) is 0 Å². The zero-order chi connectivity index (χ0) is 15.6. The van der Waals surface area contributed by atoms with Crippen molar-refractivity contribution in [3.05, 3.63) is 38.3 Å². The molecule has 1 saturated heterocycles. The smallest absolute Gasteiger partial charge is 0.283 e. The largest absolute Gasteiger partial charge is 0.392 e. The maximum absolute atomic E-state index is 11.0. The van der Waals surface area contributed by atoms with Crippen molar-refractivity contribution in [2.45, 2.75) is 25.1 Å². The molecule has 0 aliphatic carbocycles. The van der Waals surface area contributed by atoms with E-state index in [2.05, 4.69) is 25.7 Å². The summed E-state index contributed by atoms with van der Waals surface area (Å²) >= 11 is 3.20. The second-order valence-electron chi connectivity index (χ2n) is 5.78. The van der Waals surface area contributed by atoms with Gasteiger partial charge in [-0.05, 0) is 48.1 Å². The molecule has 6 nitrogen and oxygen atoms in total. The number of aliphatic hydroxyl groups excluding tert-OH is 1. The highest BCUT2D eigenvalue weighted by Crippen LogP contribution is 2.28. The molecular weight excluding hydrogens is 338 g/mol. The zero-order valence-corrected chi connectivity index (χ0v) is 13.8. The molecule has 21 heavy (non-hydrogen) atoms. The van der Waals surface area contributed by atoms with Crippen LogP contribution in [0, 0.1) is 10.1 Å². The first-order chi connectivity index (χ1) is 9.86. The fraction of sp³-hybridized carbons (Fsp3) is 0.571. The minimum atomic E-state index is -0.385. The van der Waals surface area contributed by atoms with E-state index in [1.165, 1.54) is 0 Å². The van der Waals surface area contributed by atoms with E-state index >= 15 is 0 Å². The molecule has 1 aliphatic rings. The van der Waals surface area contributed by atoms with Crippen molar-refractivity contribution < 1.29 is 10.0 Å². The molecule has 1 fully saturated rings. The molecule has 0 aromatic heterocycles. The Kier molecular flexibility index (Phi) is 5.32. The predicted molar refractivity (Wildman–Crippen MR) is 84.2 cm³/mol. The number of likely N-dealkylation sites (N-methyl/N-ethyl adjacent to an activating group) is 1. The Hall–Kier alpha value is -1.02. The lowest BCUT2D eigenvalue weighted by Gasteiger charge is -2.26. The number of likely N-dealkylation sites (tertiary alicyclic amines) is 1. The highest BCUT2D eigenvalue weighted by Gasteiger charge is 2.31. The van der Waals surface area contributed by atoms with Gasteiger partial charge in [0.15, 0.2) is 0 Å². The number of benzene rings is 1. The SMILES string of the molecule is CN(C)CC1CC(O)CN1Cc1ccc(Br)c([N+](=O)[O-])c1. The molecule has 116 valence electrons. The normalized spacial score (nSPS) is 22.9. The highest BCUT2D eigenvalue weighted by molar-refractivity contribution is 9.10. The lowest BCUT2D eigenvalue weighted by atomic mass is 10.1. The predicted octanol–water partition coefficient (Wildman–Crippen LogP) is 1.85. The van der Waals surface area contributed by atoms with Gasteiger partial charge in [0.25, 0.3) is 5.69 Å². The Morgan fingerprint density at radius 2 is 2.24 bits per heavy atom. The first-order valence-corrected chi connectivity index (χ1v) is 7.65. The molecular formula is C14H20BrN3O3. The summed E-state index contributed by atoms with van der Waals surface area (Å²) in [5.74, 6) is 0. The molecule has 1 aliphatic heterocycles. The molecule has 1 N–H and O–H groups in total. The van der Waals surface area contributed by atoms with Gasteiger partial charge in [0.1, 0.15) is 0 Å². The van der Waals surface area contributed by atoms with Crippen molar-refractivity contribution in [1.29, 1.82) is 0 Å². The molecule has 0 spiro atoms. The van der Waals surface area contributed by atoms with Crippen LogP contribution < -0.4 is 0 Å². The van der Waals surface area contributed by atoms with Crippen LogP contribution >= 0.6 is 15.9 Å². The Bertz CT molecular complexity index is 524. The van der Waals surface area contributed by atoms with Crippen molar-refractivity contribution in [3.8, 4) is 0 Å². The summed E-state index contributed by atoms with van der Waals surface area (Å²) < 4.78 is 0.488. The minimum Gasteiger partial charge on any atom is -0.392 e. The lowest BCUT2D eigenvalue weighted by molar-refractivity contribution is -0.385. The van der Waals surface area contributed by atoms with Crippen LogP contribution in [-0.4, -0.2) is 59.2 Å². The van der Waals surface area contributed by atoms with E-state index in [0.717, 1.165) is 18.5 Å². The van der Waals surface area contributed by atoms with Gasteiger partial charge in [-0.2, -0.15) is 0 Å². The van der Waals surface area contributed by atoms with Gasteiger partial charge in [0, 0.05) is 31.7 Å². The van der Waals surface area contributed by atoms with Crippen molar-refractivity contribution in [2.75, 3.05) is 27.2 Å². The van der Waals surface area contributed by atoms with Gasteiger partial charge < -0.3 is 10.0 Å². The highest BCUT2D eigenvalue weighted by atomic mass is 79.9. The first kappa shape index (κ1) is 16.4. The average Bonchev–Trinajstić information content (AvgIpc) is 2.70. The lowest BCUT2D eigenvalue weighted by Crippen LogP contribution is -2.37. The minimum absolute atomic E-state index is 0.0800. The van der Waals surface area contributed by atoms with E-state index in [1.54, 1.807) is 12.1 Å². The van der Waals surface area contributed by atoms with Crippen LogP contribution in [-0.2, 0) is 6.54 Å². The molecule has 2 unspecified atom stereocenters. The van der Waals surface area contributed by atoms with E-state index in [-0.39, 0.29) is 22.8 Å². The molecule has 7 heteroatoms. The van der Waals surface area contributed by atoms with Gasteiger partial charge in [-0.1, -0.05) is 6.07 Å². The van der Waals surface area contributed by atoms with Crippen LogP contribution in [0.5, 0.6) is 0 Å². The van der Waals surface area contributed by atoms with Crippen molar-refractivity contribution in [2.24, 2.45) is 0 Å². The second-order valence-corrected chi connectivity index (χ2v) is 6.63. The van der Waals surface area contributed by atoms with Crippen LogP contribution in [0.4, 0.5) is 5.69 Å². The number of nitro benzene ring substituents is 1. The fourth-order valence-corrected chi connectivity index (χ4v) is 3.19. The van der Waals surface area contributed by atoms with Gasteiger partial charge in [-0.3, -0.25) is 15.0 Å². The molecule has 2 rings (SSSR count). The van der Waals surface area contributed by atoms with Crippen LogP contribution in [0.3, 0.4) is 0 Å². The summed E-state index contributed by atoms with van der Waals surface area (Å²) in [5.41, 5.74) is 0.971. The Morgan fingerprint density at radius 1 is 1.52 bits per heavy atom. The number of hydrogen-bond donors (Lipinski definition) is 1. The Balaban J connectivity index is 2.13. The first-order valence-electron chi connectivity index (χ1n) is 6.86. The van der Waals surface area contributed by atoms with Crippen LogP contribution in [0.25, 0.3) is 0 Å². The van der Waals surface area contributed by atoms with Crippen LogP contribution in [0.1, 0.15) is 12.0 Å². The molecule has 0 radical (unpaired) electrons. The summed E-state index contributed by atoms with van der Waals surface area (Å²) in [6.45, 7) is 2.10. The second kappa shape index (κ2) is 6.83. The third-order valence-corrected chi connectivity index (χ3v) is 4.35. The van der Waals surface area contributed by atoms with Crippen LogP contribution in [0.15, 0.2) is 22.7 Å². The number of hydrogen-bond acceptors (Lipinski definition) is 5. The third kappa shape index (κ3) is 4.23. The quantitative estimate of drug-likeness (QED) is 0.643. The molecule has 0 bridgehead atoms. The van der Waals surface area contributed by atoms with Gasteiger partial charge in [0.2, 0.25) is 0 Å². The van der Waals surface area contributed by atoms with E-state index in [9.17, 15) is 15.2 Å². The standard InChI is InChI=1S/C14H20BrN3O3/c1-16(2)8-11-6-12(19)9-17(11)7-10-3-4-13(15)14(5-10)18(20)21/h3-5,11-12,19H,6-9H2,1-2H3. The Labute approximate surface area is 132 Å². The maximum Gasteiger partial charge on any atom is 0.283 e. The van der Waals surface area contributed by atoms with E-state index < -0.39 is 0 Å². The fourth-order valence-electron chi connectivity index (χ4n) is 2.79. The topological polar surface area (TPSA) is 69.8 Å². The van der Waals surface area contributed by atoms with E-state index in [1.807, 2.05) is 20.2 Å². The number of nitro groups is 1. The molecule has 0 saturated carbocycles. The monoisotopic (exact) mass is 357 g/mol. The zero-order valence-electron chi connectivity index (χ0n) is 12.2. The number of β-amino-alcohol motifs (C(OH)–C–C–N with tert-alkyl or cyclic N) is 1. The maximum atomic E-state index is 11.0. The summed E-state index contributed by atoms with van der Waals surface area (Å²) in [4.78, 5) is 14.9. The average molecular weight is 358 g/mol. The third-order valence-electron chi connectivity index (χ3n) is 3.67. The van der Waals surface area contributed by atoms with E-state index in [4.69, 9.17) is 0 Å². The molecule has 1 heterocycles. The summed E-state index contributed by atoms with van der Waals surface area (Å²) in [5, 5.41) is 20.9. The molecule has 1 aromatic rings. The summed E-state index contributed by atoms with van der Waals surface area (Å²) in [6, 6.07) is 5.47. The van der Waals surface area contributed by atoms with Crippen molar-refractivity contribution in [1.82, 2.24) is 9.80 Å². The van der Waals surface area contributed by atoms with Crippen molar-refractivity contribution >= 4 is 21.6 Å². The summed E-state index contributed by atoms with van der Waals surface area (Å²) in [7, 11) is 4.01. The van der Waals surface area contributed by atoms with Gasteiger partial charge in [0.05, 0.1) is 15.5 Å². The summed E-state index contributed by atoms with van der Waals surface area (Å²) in [6.07, 6.45) is 0.428. The van der Waals surface area contributed by atoms with Crippen LogP contribution in [0.2, 0.25) is 0 Å². The number of nitrogens with zero attached hydrogens (tertiary/aromatic N) is 3. The van der Waals surface area contributed by atoms with Crippen molar-refractivity contribution in [3.63, 3.8) is 0 Å².